The van der Waals surface area contributed by atoms with Crippen LogP contribution in [0.25, 0.3) is 0 Å². The summed E-state index contributed by atoms with van der Waals surface area (Å²) in [6, 6.07) is 13.0. The molecule has 1 N–H and O–H groups in total. The van der Waals surface area contributed by atoms with Crippen molar-refractivity contribution in [1.82, 2.24) is 9.03 Å². The molecule has 0 aliphatic carbocycles. The predicted octanol–water partition coefficient (Wildman–Crippen LogP) is 2.70. The lowest BCUT2D eigenvalue weighted by Crippen LogP contribution is -2.56. The molecule has 7 nitrogen and oxygen atoms in total. The molecule has 0 bridgehead atoms. The van der Waals surface area contributed by atoms with Crippen LogP contribution in [0, 0.1) is 19.8 Å². The van der Waals surface area contributed by atoms with E-state index in [2.05, 4.69) is 4.72 Å². The molecule has 1 saturated heterocycles. The third kappa shape index (κ3) is 5.53. The van der Waals surface area contributed by atoms with E-state index in [1.807, 2.05) is 27.7 Å². The molecule has 0 radical (unpaired) electrons. The Bertz CT molecular complexity index is 1100. The third-order valence-corrected chi connectivity index (χ3v) is 8.83. The van der Waals surface area contributed by atoms with Crippen molar-refractivity contribution in [2.45, 2.75) is 49.6 Å². The van der Waals surface area contributed by atoms with E-state index in [1.54, 1.807) is 48.5 Å². The molecule has 0 unspecified atom stereocenters. The number of sulfonamides is 2. The Morgan fingerprint density at radius 3 is 1.97 bits per heavy atom. The molecular weight excluding hydrogens is 436 g/mol. The number of nitrogens with one attached hydrogen (secondary N) is 1. The zero-order valence-corrected chi connectivity index (χ0v) is 19.9. The molecule has 9 heteroatoms. The predicted molar refractivity (Wildman–Crippen MR) is 120 cm³/mol. The van der Waals surface area contributed by atoms with E-state index in [0.29, 0.717) is 0 Å². The molecule has 0 aromatic heterocycles. The second kappa shape index (κ2) is 9.38. The number of hydrogen-bond donors (Lipinski definition) is 1. The van der Waals surface area contributed by atoms with Crippen molar-refractivity contribution in [2.24, 2.45) is 5.92 Å². The highest BCUT2D eigenvalue weighted by Gasteiger charge is 2.39. The van der Waals surface area contributed by atoms with Crippen LogP contribution >= 0.6 is 0 Å². The lowest BCUT2D eigenvalue weighted by molar-refractivity contribution is -0.0404. The highest BCUT2D eigenvalue weighted by atomic mass is 32.2. The number of rotatable bonds is 7. The average molecular weight is 467 g/mol. The first kappa shape index (κ1) is 23.9. The maximum Gasteiger partial charge on any atom is 0.243 e. The quantitative estimate of drug-likeness (QED) is 0.677. The normalized spacial score (nSPS) is 20.8. The Hall–Kier alpha value is -1.78. The van der Waals surface area contributed by atoms with Crippen molar-refractivity contribution in [1.29, 1.82) is 0 Å². The molecule has 1 heterocycles. The van der Waals surface area contributed by atoms with Gasteiger partial charge in [-0.05, 0) is 44.0 Å². The monoisotopic (exact) mass is 466 g/mol. The average Bonchev–Trinajstić information content (AvgIpc) is 2.72. The summed E-state index contributed by atoms with van der Waals surface area (Å²) in [5.41, 5.74) is 1.94. The van der Waals surface area contributed by atoms with Crippen molar-refractivity contribution in [3.63, 3.8) is 0 Å². The molecule has 3 rings (SSSR count). The van der Waals surface area contributed by atoms with E-state index in [1.165, 1.54) is 4.31 Å². The van der Waals surface area contributed by atoms with Gasteiger partial charge in [-0.2, -0.15) is 4.31 Å². The smallest absolute Gasteiger partial charge is 0.243 e. The van der Waals surface area contributed by atoms with Crippen LogP contribution in [0.4, 0.5) is 0 Å². The Kier molecular flexibility index (Phi) is 7.22. The summed E-state index contributed by atoms with van der Waals surface area (Å²) in [7, 11) is -7.45. The van der Waals surface area contributed by atoms with Gasteiger partial charge in [0.05, 0.1) is 28.5 Å². The summed E-state index contributed by atoms with van der Waals surface area (Å²) >= 11 is 0. The van der Waals surface area contributed by atoms with Crippen molar-refractivity contribution in [3.8, 4) is 0 Å². The van der Waals surface area contributed by atoms with Gasteiger partial charge in [0.1, 0.15) is 0 Å². The second-order valence-corrected chi connectivity index (χ2v) is 12.0. The maximum atomic E-state index is 13.3. The number of aryl methyl sites for hydroxylation is 2. The highest BCUT2D eigenvalue weighted by Crippen LogP contribution is 2.26. The molecule has 2 aromatic carbocycles. The minimum Gasteiger partial charge on any atom is -0.374 e. The van der Waals surface area contributed by atoms with Crippen LogP contribution in [0.1, 0.15) is 25.0 Å². The molecule has 2 aromatic rings. The van der Waals surface area contributed by atoms with Crippen molar-refractivity contribution in [2.75, 3.05) is 19.7 Å². The van der Waals surface area contributed by atoms with Crippen molar-refractivity contribution >= 4 is 20.0 Å². The van der Waals surface area contributed by atoms with Gasteiger partial charge < -0.3 is 4.74 Å². The summed E-state index contributed by atoms with van der Waals surface area (Å²) < 4.78 is 61.7. The molecule has 0 amide bonds. The van der Waals surface area contributed by atoms with E-state index in [0.717, 1.165) is 11.1 Å². The van der Waals surface area contributed by atoms with E-state index in [-0.39, 0.29) is 41.4 Å². The van der Waals surface area contributed by atoms with Crippen LogP contribution < -0.4 is 4.72 Å². The molecule has 1 aliphatic heterocycles. The van der Waals surface area contributed by atoms with Crippen LogP contribution in [0.2, 0.25) is 0 Å². The number of nitrogens with zero attached hydrogens (tertiary/aromatic N) is 1. The lowest BCUT2D eigenvalue weighted by Gasteiger charge is -2.40. The molecular formula is C22H30N2O5S2. The summed E-state index contributed by atoms with van der Waals surface area (Å²) in [4.78, 5) is 0.391. The molecule has 0 saturated carbocycles. The molecule has 1 aliphatic rings. The molecule has 2 atom stereocenters. The van der Waals surface area contributed by atoms with Crippen LogP contribution in [0.3, 0.4) is 0 Å². The number of benzene rings is 2. The number of ether oxygens (including phenoxy) is 1. The Morgan fingerprint density at radius 1 is 0.935 bits per heavy atom. The van der Waals surface area contributed by atoms with E-state index >= 15 is 0 Å². The van der Waals surface area contributed by atoms with Gasteiger partial charge in [-0.3, -0.25) is 0 Å². The topological polar surface area (TPSA) is 92.8 Å². The minimum atomic E-state index is -3.74. The molecule has 170 valence electrons. The fraction of sp³-hybridized carbons (Fsp3) is 0.455. The Labute approximate surface area is 185 Å². The van der Waals surface area contributed by atoms with Crippen LogP contribution in [-0.4, -0.2) is 53.0 Å². The van der Waals surface area contributed by atoms with Gasteiger partial charge in [-0.15, -0.1) is 0 Å². The molecule has 1 fully saturated rings. The second-order valence-electron chi connectivity index (χ2n) is 8.32. The number of morpholine rings is 1. The SMILES string of the molecule is Cc1ccc(S(=O)(=O)NC[C@H]2CN(S(=O)(=O)c3ccc(C)cc3)[C@@H](C(C)C)CO2)cc1. The summed E-state index contributed by atoms with van der Waals surface area (Å²) in [6.07, 6.45) is -0.588. The molecule has 0 spiro atoms. The fourth-order valence-corrected chi connectivity index (χ4v) is 6.32. The summed E-state index contributed by atoms with van der Waals surface area (Å²) in [6.45, 7) is 7.96. The standard InChI is InChI=1S/C22H30N2O5S2/c1-16(2)22-15-29-19(13-23-30(25,26)20-9-5-17(3)6-10-20)14-24(22)31(27,28)21-11-7-18(4)8-12-21/h5-12,16,19,22-23H,13-15H2,1-4H3/t19-,22+/m0/s1. The lowest BCUT2D eigenvalue weighted by atomic mass is 10.0. The highest BCUT2D eigenvalue weighted by molar-refractivity contribution is 7.89. The Balaban J connectivity index is 1.77. The number of hydrogen-bond acceptors (Lipinski definition) is 5. The summed E-state index contributed by atoms with van der Waals surface area (Å²) in [5.74, 6) is 0.0467. The van der Waals surface area contributed by atoms with Gasteiger partial charge in [0, 0.05) is 13.1 Å². The van der Waals surface area contributed by atoms with Gasteiger partial charge in [0.2, 0.25) is 20.0 Å². The van der Waals surface area contributed by atoms with Crippen LogP contribution in [-0.2, 0) is 24.8 Å². The van der Waals surface area contributed by atoms with E-state index < -0.39 is 26.2 Å². The third-order valence-electron chi connectivity index (χ3n) is 5.49. The van der Waals surface area contributed by atoms with Crippen molar-refractivity contribution in [3.05, 3.63) is 59.7 Å². The van der Waals surface area contributed by atoms with Crippen molar-refractivity contribution < 1.29 is 21.6 Å². The van der Waals surface area contributed by atoms with E-state index in [9.17, 15) is 16.8 Å². The Morgan fingerprint density at radius 2 is 1.45 bits per heavy atom. The van der Waals surface area contributed by atoms with Gasteiger partial charge in [0.15, 0.2) is 0 Å². The largest absolute Gasteiger partial charge is 0.374 e. The minimum absolute atomic E-state index is 0.0130. The first-order valence-corrected chi connectivity index (χ1v) is 13.2. The van der Waals surface area contributed by atoms with E-state index in [4.69, 9.17) is 4.74 Å². The first-order valence-electron chi connectivity index (χ1n) is 10.3. The zero-order valence-electron chi connectivity index (χ0n) is 18.3. The maximum absolute atomic E-state index is 13.3. The first-order chi connectivity index (χ1) is 14.5. The van der Waals surface area contributed by atoms with Crippen LogP contribution in [0.5, 0.6) is 0 Å². The van der Waals surface area contributed by atoms with Gasteiger partial charge in [-0.1, -0.05) is 49.2 Å². The van der Waals surface area contributed by atoms with Gasteiger partial charge in [-0.25, -0.2) is 21.6 Å². The fourth-order valence-electron chi connectivity index (χ4n) is 3.48. The van der Waals surface area contributed by atoms with Crippen LogP contribution in [0.15, 0.2) is 58.3 Å². The van der Waals surface area contributed by atoms with Gasteiger partial charge in [0.25, 0.3) is 0 Å². The summed E-state index contributed by atoms with van der Waals surface area (Å²) in [5, 5.41) is 0. The molecule has 31 heavy (non-hydrogen) atoms. The zero-order chi connectivity index (χ0) is 22.8. The van der Waals surface area contributed by atoms with Gasteiger partial charge >= 0.3 is 0 Å².